The molecule has 2 aliphatic rings. The van der Waals surface area contributed by atoms with Gasteiger partial charge < -0.3 is 0 Å². The van der Waals surface area contributed by atoms with Crippen molar-refractivity contribution in [3.8, 4) is 0 Å². The Hall–Kier alpha value is -1.78. The highest BCUT2D eigenvalue weighted by atomic mass is 15.2. The number of pyridine rings is 2. The Labute approximate surface area is 138 Å². The second-order valence-electron chi connectivity index (χ2n) is 7.00. The van der Waals surface area contributed by atoms with E-state index in [1.165, 1.54) is 44.0 Å². The van der Waals surface area contributed by atoms with E-state index in [4.69, 9.17) is 0 Å². The minimum atomic E-state index is 0.787. The van der Waals surface area contributed by atoms with Gasteiger partial charge in [-0.3, -0.25) is 19.8 Å². The van der Waals surface area contributed by atoms with Crippen LogP contribution in [0.25, 0.3) is 0 Å². The Morgan fingerprint density at radius 2 is 1.22 bits per heavy atom. The zero-order valence-electron chi connectivity index (χ0n) is 13.5. The van der Waals surface area contributed by atoms with Crippen molar-refractivity contribution in [2.45, 2.75) is 19.5 Å². The first-order valence-electron chi connectivity index (χ1n) is 8.59. The minimum absolute atomic E-state index is 0.787. The highest BCUT2D eigenvalue weighted by Crippen LogP contribution is 2.29. The van der Waals surface area contributed by atoms with Crippen molar-refractivity contribution in [1.82, 2.24) is 19.8 Å². The molecule has 2 saturated heterocycles. The van der Waals surface area contributed by atoms with Crippen LogP contribution in [0.15, 0.2) is 48.8 Å². The van der Waals surface area contributed by atoms with E-state index in [0.717, 1.165) is 24.9 Å². The lowest BCUT2D eigenvalue weighted by molar-refractivity contribution is 0.0232. The molecule has 0 N–H and O–H groups in total. The molecular formula is C19H24N4. The third-order valence-electron chi connectivity index (χ3n) is 4.96. The SMILES string of the molecule is c1ccc(CN2CC3CC(C2)CN(Cc2ccccn2)C3)nc1. The van der Waals surface area contributed by atoms with Gasteiger partial charge in [0.1, 0.15) is 0 Å². The fourth-order valence-electron chi connectivity index (χ4n) is 4.19. The standard InChI is InChI=1S/C19H24N4/c1-3-7-20-18(5-1)14-22-10-16-9-17(11-22)13-23(12-16)15-19-6-2-4-8-21-19/h1-8,16-17H,9-15H2. The van der Waals surface area contributed by atoms with E-state index < -0.39 is 0 Å². The summed E-state index contributed by atoms with van der Waals surface area (Å²) in [4.78, 5) is 14.1. The van der Waals surface area contributed by atoms with Crippen molar-refractivity contribution in [2.75, 3.05) is 26.2 Å². The maximum Gasteiger partial charge on any atom is 0.0543 e. The van der Waals surface area contributed by atoms with Gasteiger partial charge in [-0.15, -0.1) is 0 Å². The van der Waals surface area contributed by atoms with Gasteiger partial charge in [-0.05, 0) is 42.5 Å². The van der Waals surface area contributed by atoms with Crippen LogP contribution in [0.2, 0.25) is 0 Å². The molecule has 0 amide bonds. The number of hydrogen-bond donors (Lipinski definition) is 0. The predicted molar refractivity (Wildman–Crippen MR) is 90.6 cm³/mol. The average Bonchev–Trinajstić information content (AvgIpc) is 2.56. The number of fused-ring (bicyclic) bond motifs is 2. The zero-order chi connectivity index (χ0) is 15.5. The zero-order valence-corrected chi connectivity index (χ0v) is 13.5. The molecule has 0 saturated carbocycles. The summed E-state index contributed by atoms with van der Waals surface area (Å²) in [5.74, 6) is 1.57. The van der Waals surface area contributed by atoms with E-state index in [9.17, 15) is 0 Å². The summed E-state index contributed by atoms with van der Waals surface area (Å²) in [6.45, 7) is 6.79. The van der Waals surface area contributed by atoms with Gasteiger partial charge in [0.2, 0.25) is 0 Å². The van der Waals surface area contributed by atoms with Gasteiger partial charge in [0, 0.05) is 51.7 Å². The van der Waals surface area contributed by atoms with Crippen molar-refractivity contribution < 1.29 is 0 Å². The number of aromatic nitrogens is 2. The van der Waals surface area contributed by atoms with Crippen LogP contribution in [-0.2, 0) is 13.1 Å². The number of rotatable bonds is 4. The molecule has 4 heteroatoms. The van der Waals surface area contributed by atoms with Crippen LogP contribution in [0.1, 0.15) is 17.8 Å². The molecule has 2 aromatic heterocycles. The van der Waals surface area contributed by atoms with Crippen LogP contribution in [0, 0.1) is 11.8 Å². The lowest BCUT2D eigenvalue weighted by atomic mass is 9.84. The molecule has 0 radical (unpaired) electrons. The maximum absolute atomic E-state index is 4.48. The molecule has 2 bridgehead atoms. The Balaban J connectivity index is 1.35. The molecule has 0 atom stereocenters. The normalized spacial score (nSPS) is 25.4. The van der Waals surface area contributed by atoms with E-state index in [0.29, 0.717) is 0 Å². The highest BCUT2D eigenvalue weighted by molar-refractivity contribution is 5.05. The van der Waals surface area contributed by atoms with Gasteiger partial charge in [0.05, 0.1) is 11.4 Å². The molecule has 4 rings (SSSR count). The molecule has 4 nitrogen and oxygen atoms in total. The van der Waals surface area contributed by atoms with E-state index in [2.05, 4.69) is 44.0 Å². The first kappa shape index (κ1) is 14.8. The highest BCUT2D eigenvalue weighted by Gasteiger charge is 2.34. The van der Waals surface area contributed by atoms with Crippen LogP contribution in [-0.4, -0.2) is 45.9 Å². The summed E-state index contributed by atoms with van der Waals surface area (Å²) in [7, 11) is 0. The summed E-state index contributed by atoms with van der Waals surface area (Å²) < 4.78 is 0. The Kier molecular flexibility index (Phi) is 4.35. The van der Waals surface area contributed by atoms with Gasteiger partial charge in [-0.25, -0.2) is 0 Å². The molecule has 2 aromatic rings. The van der Waals surface area contributed by atoms with Gasteiger partial charge >= 0.3 is 0 Å². The second kappa shape index (κ2) is 6.77. The third-order valence-corrected chi connectivity index (χ3v) is 4.96. The summed E-state index contributed by atoms with van der Waals surface area (Å²) in [5.41, 5.74) is 2.38. The Morgan fingerprint density at radius 1 is 0.739 bits per heavy atom. The van der Waals surface area contributed by atoms with Crippen LogP contribution in [0.4, 0.5) is 0 Å². The molecule has 120 valence electrons. The van der Waals surface area contributed by atoms with Crippen LogP contribution in [0.5, 0.6) is 0 Å². The molecule has 23 heavy (non-hydrogen) atoms. The van der Waals surface area contributed by atoms with Crippen molar-refractivity contribution >= 4 is 0 Å². The Morgan fingerprint density at radius 3 is 1.61 bits per heavy atom. The van der Waals surface area contributed by atoms with Gasteiger partial charge in [-0.1, -0.05) is 12.1 Å². The first-order chi connectivity index (χ1) is 11.3. The molecule has 2 aliphatic heterocycles. The molecule has 0 aromatic carbocycles. The Bertz CT molecular complexity index is 548. The number of hydrogen-bond acceptors (Lipinski definition) is 4. The molecule has 0 aliphatic carbocycles. The van der Waals surface area contributed by atoms with Crippen molar-refractivity contribution in [1.29, 1.82) is 0 Å². The van der Waals surface area contributed by atoms with Crippen LogP contribution < -0.4 is 0 Å². The summed E-state index contributed by atoms with van der Waals surface area (Å²) in [6, 6.07) is 12.4. The second-order valence-corrected chi connectivity index (χ2v) is 7.00. The lowest BCUT2D eigenvalue weighted by Crippen LogP contribution is -2.52. The molecule has 4 heterocycles. The van der Waals surface area contributed by atoms with E-state index in [1.54, 1.807) is 0 Å². The van der Waals surface area contributed by atoms with Crippen molar-refractivity contribution in [2.24, 2.45) is 11.8 Å². The monoisotopic (exact) mass is 308 g/mol. The summed E-state index contributed by atoms with van der Waals surface area (Å²) in [6.07, 6.45) is 5.18. The van der Waals surface area contributed by atoms with Gasteiger partial charge in [0.15, 0.2) is 0 Å². The quantitative estimate of drug-likeness (QED) is 0.868. The molecular weight excluding hydrogens is 284 g/mol. The maximum atomic E-state index is 4.48. The van der Waals surface area contributed by atoms with Crippen molar-refractivity contribution in [3.05, 3.63) is 60.2 Å². The predicted octanol–water partition coefficient (Wildman–Crippen LogP) is 2.43. The smallest absolute Gasteiger partial charge is 0.0543 e. The summed E-state index contributed by atoms with van der Waals surface area (Å²) in [5, 5.41) is 0. The first-order valence-corrected chi connectivity index (χ1v) is 8.59. The van der Waals surface area contributed by atoms with E-state index in [-0.39, 0.29) is 0 Å². The van der Waals surface area contributed by atoms with Gasteiger partial charge in [-0.2, -0.15) is 0 Å². The largest absolute Gasteiger partial charge is 0.297 e. The van der Waals surface area contributed by atoms with Crippen LogP contribution in [0.3, 0.4) is 0 Å². The fraction of sp³-hybridized carbons (Fsp3) is 0.474. The number of nitrogens with zero attached hydrogens (tertiary/aromatic N) is 4. The number of piperidine rings is 2. The molecule has 0 spiro atoms. The number of likely N-dealkylation sites (tertiary alicyclic amines) is 2. The van der Waals surface area contributed by atoms with Gasteiger partial charge in [0.25, 0.3) is 0 Å². The third kappa shape index (κ3) is 3.77. The van der Waals surface area contributed by atoms with Crippen LogP contribution >= 0.6 is 0 Å². The average molecular weight is 308 g/mol. The topological polar surface area (TPSA) is 32.3 Å². The lowest BCUT2D eigenvalue weighted by Gasteiger charge is -2.45. The minimum Gasteiger partial charge on any atom is -0.297 e. The van der Waals surface area contributed by atoms with E-state index >= 15 is 0 Å². The summed E-state index contributed by atoms with van der Waals surface area (Å²) >= 11 is 0. The van der Waals surface area contributed by atoms with E-state index in [1.807, 2.05) is 24.5 Å². The van der Waals surface area contributed by atoms with Crippen molar-refractivity contribution in [3.63, 3.8) is 0 Å². The molecule has 2 fully saturated rings. The molecule has 0 unspecified atom stereocenters. The fourth-order valence-corrected chi connectivity index (χ4v) is 4.19.